The number of nitrogens with one attached hydrogen (secondary N) is 8. The number of nitrogens with zero attached hydrogens (tertiary/aromatic N) is 1. The third kappa shape index (κ3) is 45.3. The van der Waals surface area contributed by atoms with Crippen LogP contribution in [-0.4, -0.2) is 347 Å². The summed E-state index contributed by atoms with van der Waals surface area (Å²) in [5.41, 5.74) is 0. The van der Waals surface area contributed by atoms with Gasteiger partial charge in [0.05, 0.1) is 85.9 Å². The van der Waals surface area contributed by atoms with Gasteiger partial charge in [-0.25, -0.2) is 4.67 Å². The average Bonchev–Trinajstić information content (AvgIpc) is 0.795. The molecule has 127 heavy (non-hydrogen) atoms. The van der Waals surface area contributed by atoms with Crippen molar-refractivity contribution in [3.63, 3.8) is 0 Å². The van der Waals surface area contributed by atoms with Crippen LogP contribution in [0.2, 0.25) is 0 Å². The Kier molecular flexibility index (Phi) is 53.7. The highest BCUT2D eigenvalue weighted by atomic mass is 31.2. The van der Waals surface area contributed by atoms with E-state index in [2.05, 4.69) is 53.1 Å². The van der Waals surface area contributed by atoms with Crippen molar-refractivity contribution in [3.8, 4) is 12.3 Å². The molecular formula is C79H126N9O38P. The lowest BCUT2D eigenvalue weighted by Gasteiger charge is -2.44. The summed E-state index contributed by atoms with van der Waals surface area (Å²) in [6.07, 6.45) is -12.5. The van der Waals surface area contributed by atoms with Crippen LogP contribution in [0.4, 0.5) is 0 Å². The summed E-state index contributed by atoms with van der Waals surface area (Å²) in [5, 5.41) is 20.9. The van der Waals surface area contributed by atoms with Crippen molar-refractivity contribution in [2.24, 2.45) is 0 Å². The van der Waals surface area contributed by atoms with E-state index in [4.69, 9.17) is 105 Å². The van der Waals surface area contributed by atoms with Crippen LogP contribution in [0.15, 0.2) is 0 Å². The molecule has 18 atom stereocenters. The predicted octanol–water partition coefficient (Wildman–Crippen LogP) is -2.26. The zero-order chi connectivity index (χ0) is 94.8. The van der Waals surface area contributed by atoms with Crippen LogP contribution in [0.25, 0.3) is 0 Å². The van der Waals surface area contributed by atoms with Crippen LogP contribution in [-0.2, 0) is 181 Å². The van der Waals surface area contributed by atoms with Crippen LogP contribution in [0, 0.1) is 12.3 Å². The van der Waals surface area contributed by atoms with Crippen LogP contribution in [0.5, 0.6) is 0 Å². The third-order valence-electron chi connectivity index (χ3n) is 17.6. The van der Waals surface area contributed by atoms with E-state index in [0.29, 0.717) is 6.42 Å². The summed E-state index contributed by atoms with van der Waals surface area (Å²) in [4.78, 5) is 216. The Morgan fingerprint density at radius 3 is 0.969 bits per heavy atom. The van der Waals surface area contributed by atoms with Crippen LogP contribution >= 0.6 is 8.53 Å². The Bertz CT molecular complexity index is 3590. The maximum Gasteiger partial charge on any atom is 0.303 e. The minimum absolute atomic E-state index is 0.0295. The van der Waals surface area contributed by atoms with Gasteiger partial charge in [0.2, 0.25) is 47.3 Å². The second-order valence-electron chi connectivity index (χ2n) is 29.1. The monoisotopic (exact) mass is 1840 g/mol. The fourth-order valence-electron chi connectivity index (χ4n) is 12.8. The second-order valence-corrected chi connectivity index (χ2v) is 30.6. The minimum atomic E-state index is -1.56. The first kappa shape index (κ1) is 112. The molecule has 0 radical (unpaired) electrons. The van der Waals surface area contributed by atoms with Gasteiger partial charge in [0.25, 0.3) is 8.53 Å². The SMILES string of the molecule is C#CCCOP(OCCOCCC(=O)NC(CCC(=O)NC(CCC(=O)NCCOCCOC1OC(COC(C)=O)C(OC(C)=O)C(OC(C)=O)C1NC(C)=O)C(=O)NCCOCCOC1OC(COC(C)=O)C(OC(C)=O)C(OC(C)=O)C1NC(C)=O)C(=O)NCCOCCOC1OC(COC(C)=O)C(OC(C)=O)C(OC(C)=O)C1NC(C)=O)N(C(C)C)C(C)C. The van der Waals surface area contributed by atoms with Crippen molar-refractivity contribution in [2.45, 2.75) is 265 Å². The van der Waals surface area contributed by atoms with E-state index in [1.165, 1.54) is 6.92 Å². The van der Waals surface area contributed by atoms with E-state index in [0.717, 1.165) is 76.2 Å². The highest BCUT2D eigenvalue weighted by molar-refractivity contribution is 7.44. The molecule has 3 heterocycles. The molecule has 48 heteroatoms. The molecule has 8 amide bonds. The maximum atomic E-state index is 14.2. The molecule has 720 valence electrons. The topological polar surface area (TPSA) is 584 Å². The van der Waals surface area contributed by atoms with E-state index in [1.54, 1.807) is 0 Å². The molecule has 47 nitrogen and oxygen atoms in total. The first-order valence-corrected chi connectivity index (χ1v) is 42.3. The standard InChI is InChI=1S/C79H126N9O38P/c1-18-19-28-116-127(88(44(2)3)45(4)5)117-40-36-106-29-24-65(103)87-59(76(105)82-27-32-109-35-39-112-79-68(85-48(8)91)74(123-57(17)100)71(120-54(14)97)62(126-79)43-115-51(11)94)21-23-64(102)86-58(75(104)81-26-31-108-34-38-111-78-67(84-47(7)90)73(122-56(16)99)70(119-53(13)96)61(125-78)42-114-50(10)93)20-22-63(101)80-25-30-107-33-37-110-77-66(83-46(6)89)72(121-55(15)98)69(118-52(12)95)60(124-77)41-113-49(9)92/h1,44-45,58-62,66-74,77-79H,19-43H2,2-17H3,(H,80,101)(H,81,104)(H,82,105)(H,83,89)(H,84,90)(H,85,91)(H,86,102)(H,87,103). The molecule has 3 saturated heterocycles. The lowest BCUT2D eigenvalue weighted by Crippen LogP contribution is -2.66. The number of carbonyl (C=O) groups is 17. The number of terminal acetylenes is 1. The molecule has 0 aromatic rings. The van der Waals surface area contributed by atoms with E-state index in [-0.39, 0.29) is 137 Å². The highest BCUT2D eigenvalue weighted by Crippen LogP contribution is 2.46. The van der Waals surface area contributed by atoms with Crippen molar-refractivity contribution >= 4 is 110 Å². The predicted molar refractivity (Wildman–Crippen MR) is 434 cm³/mol. The Labute approximate surface area is 737 Å². The average molecular weight is 1840 g/mol. The molecule has 8 N–H and O–H groups in total. The van der Waals surface area contributed by atoms with Gasteiger partial charge in [-0.05, 0) is 40.5 Å². The van der Waals surface area contributed by atoms with Crippen molar-refractivity contribution < 1.29 is 181 Å². The second kappa shape index (κ2) is 61.1. The van der Waals surface area contributed by atoms with Crippen molar-refractivity contribution in [2.75, 3.05) is 125 Å². The Balaban J connectivity index is 1.87. The van der Waals surface area contributed by atoms with E-state index < -0.39 is 246 Å². The molecule has 0 aliphatic carbocycles. The van der Waals surface area contributed by atoms with E-state index in [9.17, 15) is 81.5 Å². The highest BCUT2D eigenvalue weighted by Gasteiger charge is 2.55. The van der Waals surface area contributed by atoms with Gasteiger partial charge in [0.15, 0.2) is 55.5 Å². The molecule has 3 aliphatic heterocycles. The van der Waals surface area contributed by atoms with Gasteiger partial charge in [0, 0.05) is 140 Å². The number of rotatable bonds is 59. The lowest BCUT2D eigenvalue weighted by atomic mass is 9.96. The quantitative estimate of drug-likeness (QED) is 0.0105. The minimum Gasteiger partial charge on any atom is -0.463 e. The fourth-order valence-corrected chi connectivity index (χ4v) is 14.3. The molecule has 3 rings (SSSR count). The molecule has 0 bridgehead atoms. The molecular weight excluding hydrogens is 1710 g/mol. The molecule has 0 saturated carbocycles. The molecule has 0 spiro atoms. The van der Waals surface area contributed by atoms with Gasteiger partial charge in [-0.15, -0.1) is 12.3 Å². The van der Waals surface area contributed by atoms with Crippen molar-refractivity contribution in [1.29, 1.82) is 0 Å². The summed E-state index contributed by atoms with van der Waals surface area (Å²) in [7, 11) is -1.56. The number of hydrogen-bond acceptors (Lipinski definition) is 39. The van der Waals surface area contributed by atoms with Crippen molar-refractivity contribution in [1.82, 2.24) is 47.2 Å². The lowest BCUT2D eigenvalue weighted by molar-refractivity contribution is -0.279. The van der Waals surface area contributed by atoms with Crippen LogP contribution in [0.3, 0.4) is 0 Å². The summed E-state index contributed by atoms with van der Waals surface area (Å²) in [5.74, 6) is -10.2. The van der Waals surface area contributed by atoms with Crippen molar-refractivity contribution in [3.05, 3.63) is 0 Å². The molecule has 18 unspecified atom stereocenters. The van der Waals surface area contributed by atoms with Gasteiger partial charge >= 0.3 is 53.7 Å². The molecule has 3 fully saturated rings. The first-order valence-electron chi connectivity index (χ1n) is 41.2. The first-order chi connectivity index (χ1) is 60.1. The summed E-state index contributed by atoms with van der Waals surface area (Å²) in [6, 6.07) is -6.64. The van der Waals surface area contributed by atoms with Gasteiger partial charge in [-0.2, -0.15) is 0 Å². The number of carbonyl (C=O) groups excluding carboxylic acids is 17. The molecule has 3 aliphatic rings. The zero-order valence-corrected chi connectivity index (χ0v) is 75.5. The summed E-state index contributed by atoms with van der Waals surface area (Å²) < 4.78 is 121. The Morgan fingerprint density at radius 1 is 0.354 bits per heavy atom. The van der Waals surface area contributed by atoms with Gasteiger partial charge in [0.1, 0.15) is 68.3 Å². The normalized spacial score (nSPS) is 22.6. The van der Waals surface area contributed by atoms with Gasteiger partial charge < -0.3 is 142 Å². The number of amides is 8. The third-order valence-corrected chi connectivity index (χ3v) is 19.7. The Hall–Kier alpha value is -9.54. The van der Waals surface area contributed by atoms with Crippen LogP contribution < -0.4 is 42.5 Å². The van der Waals surface area contributed by atoms with Crippen LogP contribution in [0.1, 0.15) is 149 Å². The molecule has 0 aromatic carbocycles. The maximum absolute atomic E-state index is 14.2. The molecule has 0 aromatic heterocycles. The summed E-state index contributed by atoms with van der Waals surface area (Å²) >= 11 is 0. The fraction of sp³-hybridized carbons (Fsp3) is 0.759. The largest absolute Gasteiger partial charge is 0.463 e. The van der Waals surface area contributed by atoms with E-state index >= 15 is 0 Å². The number of hydrogen-bond donors (Lipinski definition) is 8. The Morgan fingerprint density at radius 2 is 0.654 bits per heavy atom. The smallest absolute Gasteiger partial charge is 0.303 e. The zero-order valence-electron chi connectivity index (χ0n) is 74.6. The number of ether oxygens (including phenoxy) is 19. The summed E-state index contributed by atoms with van der Waals surface area (Å²) in [6.45, 7) is 17.6. The number of esters is 9. The van der Waals surface area contributed by atoms with E-state index in [1.807, 2.05) is 27.7 Å². The van der Waals surface area contributed by atoms with Gasteiger partial charge in [-0.1, -0.05) is 0 Å². The van der Waals surface area contributed by atoms with Gasteiger partial charge in [-0.3, -0.25) is 81.5 Å².